The molecule has 3 aromatic heterocycles. The van der Waals surface area contributed by atoms with Gasteiger partial charge in [0.1, 0.15) is 28.0 Å². The zero-order valence-corrected chi connectivity index (χ0v) is 17.7. The third kappa shape index (κ3) is 2.46. The molecule has 8 heteroatoms. The molecule has 3 aliphatic rings. The molecule has 4 aromatic rings. The minimum atomic E-state index is -0.891. The van der Waals surface area contributed by atoms with E-state index in [1.54, 1.807) is 22.0 Å². The molecule has 0 spiro atoms. The van der Waals surface area contributed by atoms with Gasteiger partial charge in [0.15, 0.2) is 5.65 Å². The first kappa shape index (κ1) is 18.3. The van der Waals surface area contributed by atoms with Crippen LogP contribution in [0.5, 0.6) is 0 Å². The van der Waals surface area contributed by atoms with Gasteiger partial charge in [-0.1, -0.05) is 11.8 Å². The largest absolute Gasteiger partial charge is 0.335 e. The standard InChI is InChI=1S/C24H17F2N5S/c25-16-3-4-19(26)18(11-16)24-8-5-15(24)6-9-30(24)21-7-10-31-22(29-21)17(12-28-31)23-27-13-20(32-23)14-1-2-14/h3-4,7,10-15H,1-2,6,9H2/t15-,24-/m1/s1. The van der Waals surface area contributed by atoms with Gasteiger partial charge in [-0.15, -0.1) is 11.3 Å². The molecule has 0 radical (unpaired) electrons. The van der Waals surface area contributed by atoms with Crippen LogP contribution in [0.25, 0.3) is 16.2 Å². The summed E-state index contributed by atoms with van der Waals surface area (Å²) in [6.07, 6.45) is 8.84. The average molecular weight is 445 g/mol. The molecule has 2 fully saturated rings. The fourth-order valence-corrected chi connectivity index (χ4v) is 5.99. The molecule has 0 N–H and O–H groups in total. The number of halogens is 2. The second kappa shape index (κ2) is 6.36. The van der Waals surface area contributed by atoms with E-state index in [-0.39, 0.29) is 11.5 Å². The van der Waals surface area contributed by atoms with E-state index in [4.69, 9.17) is 4.98 Å². The molecule has 5 nitrogen and oxygen atoms in total. The van der Waals surface area contributed by atoms with Crippen molar-refractivity contribution < 1.29 is 8.78 Å². The highest BCUT2D eigenvalue weighted by Gasteiger charge is 2.54. The highest BCUT2D eigenvalue weighted by atomic mass is 32.1. The van der Waals surface area contributed by atoms with Crippen LogP contribution in [-0.4, -0.2) is 26.1 Å². The third-order valence-corrected chi connectivity index (χ3v) is 7.91. The Morgan fingerprint density at radius 3 is 2.84 bits per heavy atom. The first-order valence-corrected chi connectivity index (χ1v) is 11.5. The quantitative estimate of drug-likeness (QED) is 0.426. The molecule has 0 amide bonds. The second-order valence-corrected chi connectivity index (χ2v) is 9.67. The van der Waals surface area contributed by atoms with Gasteiger partial charge in [-0.25, -0.2) is 23.3 Å². The van der Waals surface area contributed by atoms with Gasteiger partial charge in [0.25, 0.3) is 0 Å². The number of nitrogens with zero attached hydrogens (tertiary/aromatic N) is 5. The first-order valence-electron chi connectivity index (χ1n) is 10.7. The maximum Gasteiger partial charge on any atom is 0.167 e. The van der Waals surface area contributed by atoms with Crippen molar-refractivity contribution in [1.29, 1.82) is 0 Å². The van der Waals surface area contributed by atoms with Gasteiger partial charge in [-0.2, -0.15) is 5.10 Å². The van der Waals surface area contributed by atoms with E-state index in [1.165, 1.54) is 29.9 Å². The van der Waals surface area contributed by atoms with Crippen LogP contribution >= 0.6 is 11.3 Å². The van der Waals surface area contributed by atoms with E-state index in [9.17, 15) is 8.78 Å². The Kier molecular flexibility index (Phi) is 3.63. The average Bonchev–Trinajstić information content (AvgIpc) is 3.26. The molecule has 4 heterocycles. The van der Waals surface area contributed by atoms with E-state index >= 15 is 0 Å². The van der Waals surface area contributed by atoms with E-state index in [0.717, 1.165) is 23.1 Å². The normalized spacial score (nSPS) is 23.7. The number of benzene rings is 1. The highest BCUT2D eigenvalue weighted by Crippen LogP contribution is 2.50. The predicted molar refractivity (Wildman–Crippen MR) is 117 cm³/mol. The molecular weight excluding hydrogens is 428 g/mol. The zero-order valence-electron chi connectivity index (χ0n) is 16.9. The molecule has 0 bridgehead atoms. The monoisotopic (exact) mass is 445 g/mol. The Bertz CT molecular complexity index is 1460. The second-order valence-electron chi connectivity index (χ2n) is 8.61. The number of rotatable bonds is 4. The summed E-state index contributed by atoms with van der Waals surface area (Å²) < 4.78 is 30.6. The Balaban J connectivity index is 1.34. The summed E-state index contributed by atoms with van der Waals surface area (Å²) in [4.78, 5) is 12.9. The Labute approximate surface area is 186 Å². The van der Waals surface area contributed by atoms with Gasteiger partial charge >= 0.3 is 0 Å². The number of aromatic nitrogens is 4. The summed E-state index contributed by atoms with van der Waals surface area (Å²) in [7, 11) is 0. The van der Waals surface area contributed by atoms with Crippen LogP contribution in [0.3, 0.4) is 0 Å². The maximum absolute atomic E-state index is 14.8. The van der Waals surface area contributed by atoms with E-state index in [2.05, 4.69) is 21.9 Å². The molecule has 2 atom stereocenters. The topological polar surface area (TPSA) is 46.3 Å². The number of thiazole rings is 1. The number of hydrogen-bond acceptors (Lipinski definition) is 5. The molecule has 2 aliphatic carbocycles. The SMILES string of the molecule is Fc1ccc(F)c([C@@]23C#C[C@@H]2CCN3c2ccn3ncc(-c4ncc(C5CC5)s4)c3n2)c1. The van der Waals surface area contributed by atoms with Crippen LogP contribution in [-0.2, 0) is 5.54 Å². The molecule has 7 rings (SSSR count). The molecule has 1 saturated carbocycles. The fourth-order valence-electron chi connectivity index (χ4n) is 4.90. The van der Waals surface area contributed by atoms with Crippen molar-refractivity contribution in [3.63, 3.8) is 0 Å². The summed E-state index contributed by atoms with van der Waals surface area (Å²) >= 11 is 1.69. The lowest BCUT2D eigenvalue weighted by Gasteiger charge is -2.41. The van der Waals surface area contributed by atoms with Gasteiger partial charge in [-0.05, 0) is 49.4 Å². The van der Waals surface area contributed by atoms with Crippen LogP contribution in [0.4, 0.5) is 14.6 Å². The van der Waals surface area contributed by atoms with Crippen molar-refractivity contribution in [3.05, 3.63) is 64.9 Å². The third-order valence-electron chi connectivity index (χ3n) is 6.71. The van der Waals surface area contributed by atoms with Crippen LogP contribution in [0, 0.1) is 29.4 Å². The lowest BCUT2D eigenvalue weighted by atomic mass is 9.73. The molecule has 0 unspecified atom stereocenters. The van der Waals surface area contributed by atoms with Crippen LogP contribution < -0.4 is 4.90 Å². The molecule has 32 heavy (non-hydrogen) atoms. The lowest BCUT2D eigenvalue weighted by molar-refractivity contribution is 0.429. The lowest BCUT2D eigenvalue weighted by Crippen LogP contribution is -2.49. The van der Waals surface area contributed by atoms with E-state index in [1.807, 2.05) is 23.4 Å². The maximum atomic E-state index is 14.8. The van der Waals surface area contributed by atoms with Crippen LogP contribution in [0.2, 0.25) is 0 Å². The summed E-state index contributed by atoms with van der Waals surface area (Å²) in [5.74, 6) is 6.67. The van der Waals surface area contributed by atoms with Gasteiger partial charge in [-0.3, -0.25) is 0 Å². The Hall–Kier alpha value is -3.31. The fraction of sp³-hybridized carbons (Fsp3) is 0.292. The van der Waals surface area contributed by atoms with Crippen molar-refractivity contribution in [2.24, 2.45) is 5.92 Å². The minimum absolute atomic E-state index is 0.0544. The van der Waals surface area contributed by atoms with Crippen molar-refractivity contribution in [2.75, 3.05) is 11.4 Å². The van der Waals surface area contributed by atoms with Gasteiger partial charge in [0, 0.05) is 29.4 Å². The minimum Gasteiger partial charge on any atom is -0.335 e. The summed E-state index contributed by atoms with van der Waals surface area (Å²) in [5, 5.41) is 5.35. The summed E-state index contributed by atoms with van der Waals surface area (Å²) in [6.45, 7) is 0.649. The van der Waals surface area contributed by atoms with Crippen LogP contribution in [0.15, 0.2) is 42.9 Å². The van der Waals surface area contributed by atoms with Crippen molar-refractivity contribution in [1.82, 2.24) is 19.6 Å². The van der Waals surface area contributed by atoms with Gasteiger partial charge < -0.3 is 4.90 Å². The molecule has 1 aliphatic heterocycles. The number of hydrogen-bond donors (Lipinski definition) is 0. The van der Waals surface area contributed by atoms with Crippen molar-refractivity contribution >= 4 is 22.8 Å². The number of anilines is 1. The Morgan fingerprint density at radius 2 is 2.03 bits per heavy atom. The van der Waals surface area contributed by atoms with Crippen LogP contribution in [0.1, 0.15) is 35.6 Å². The smallest absolute Gasteiger partial charge is 0.167 e. The molecule has 158 valence electrons. The summed E-state index contributed by atoms with van der Waals surface area (Å²) in [5.41, 5.74) is 0.969. The first-order chi connectivity index (χ1) is 15.6. The molecular formula is C24H17F2N5S. The molecule has 1 aromatic carbocycles. The van der Waals surface area contributed by atoms with Gasteiger partial charge in [0.2, 0.25) is 0 Å². The summed E-state index contributed by atoms with van der Waals surface area (Å²) in [6, 6.07) is 5.45. The van der Waals surface area contributed by atoms with Crippen molar-refractivity contribution in [2.45, 2.75) is 30.7 Å². The van der Waals surface area contributed by atoms with E-state index < -0.39 is 17.2 Å². The highest BCUT2D eigenvalue weighted by molar-refractivity contribution is 7.15. The van der Waals surface area contributed by atoms with Crippen molar-refractivity contribution in [3.8, 4) is 22.4 Å². The number of fused-ring (bicyclic) bond motifs is 2. The Morgan fingerprint density at radius 1 is 1.12 bits per heavy atom. The van der Waals surface area contributed by atoms with Gasteiger partial charge in [0.05, 0.1) is 17.7 Å². The zero-order chi connectivity index (χ0) is 21.4. The molecule has 1 saturated heterocycles. The predicted octanol–water partition coefficient (Wildman–Crippen LogP) is 4.75. The van der Waals surface area contributed by atoms with E-state index in [0.29, 0.717) is 23.9 Å².